The van der Waals surface area contributed by atoms with E-state index in [4.69, 9.17) is 11.6 Å². The number of carbonyl (C=O) groups excluding carboxylic acids is 1. The summed E-state index contributed by atoms with van der Waals surface area (Å²) in [6.45, 7) is 0.238. The summed E-state index contributed by atoms with van der Waals surface area (Å²) in [4.78, 5) is 25.7. The van der Waals surface area contributed by atoms with Crippen LogP contribution in [0.3, 0.4) is 0 Å². The van der Waals surface area contributed by atoms with Gasteiger partial charge in [-0.15, -0.1) is 0 Å². The van der Waals surface area contributed by atoms with E-state index >= 15 is 0 Å². The molecule has 4 rings (SSSR count). The largest absolute Gasteiger partial charge is 0.353 e. The third-order valence-corrected chi connectivity index (χ3v) is 6.11. The van der Waals surface area contributed by atoms with Gasteiger partial charge in [0, 0.05) is 35.1 Å². The minimum absolute atomic E-state index is 0.00749. The van der Waals surface area contributed by atoms with Gasteiger partial charge in [0.2, 0.25) is 5.95 Å². The predicted octanol–water partition coefficient (Wildman–Crippen LogP) is 4.71. The average Bonchev–Trinajstić information content (AvgIpc) is 2.87. The molecule has 3 aromatic rings. The highest BCUT2D eigenvalue weighted by atomic mass is 35.5. The number of nitrogens with one attached hydrogen (secondary N) is 3. The summed E-state index contributed by atoms with van der Waals surface area (Å²) < 4.78 is 26.9. The molecule has 1 aromatic heterocycles. The van der Waals surface area contributed by atoms with Crippen LogP contribution in [0.25, 0.3) is 0 Å². The Kier molecular flexibility index (Phi) is 8.20. The van der Waals surface area contributed by atoms with Crippen molar-refractivity contribution in [2.75, 3.05) is 5.32 Å². The quantitative estimate of drug-likeness (QED) is 0.338. The number of rotatable bonds is 6. The van der Waals surface area contributed by atoms with Crippen LogP contribution in [-0.2, 0) is 6.54 Å². The van der Waals surface area contributed by atoms with Gasteiger partial charge in [0.25, 0.3) is 5.91 Å². The molecule has 1 heterocycles. The number of nitrogens with zero attached hydrogens (tertiary/aromatic N) is 3. The van der Waals surface area contributed by atoms with E-state index in [0.717, 1.165) is 43.4 Å². The number of aromatic nitrogens is 2. The number of hydrogen-bond donors (Lipinski definition) is 3. The Labute approximate surface area is 207 Å². The number of guanidine groups is 1. The molecule has 0 unspecified atom stereocenters. The summed E-state index contributed by atoms with van der Waals surface area (Å²) in [5.74, 6) is -1.84. The van der Waals surface area contributed by atoms with Crippen molar-refractivity contribution in [3.8, 4) is 0 Å². The molecule has 7 nitrogen and oxygen atoms in total. The number of halogens is 3. The molecule has 35 heavy (non-hydrogen) atoms. The van der Waals surface area contributed by atoms with Crippen LogP contribution in [0.1, 0.15) is 41.6 Å². The standard InChI is InChI=1S/C25H25ClF2N6O/c26-20-5-2-1-4-17(20)15-31-25(34-23(35)16-6-11-21(27)22(28)14-16)33-19-9-7-18(8-10-19)32-24-29-12-3-13-30-24/h1-6,11-14,18-19H,7-10,15H2,(H,29,30,32)(H2,31,33,34,35). The Hall–Kier alpha value is -3.59. The van der Waals surface area contributed by atoms with Gasteiger partial charge in [-0.3, -0.25) is 10.1 Å². The molecule has 0 atom stereocenters. The van der Waals surface area contributed by atoms with Gasteiger partial charge in [0.1, 0.15) is 0 Å². The molecule has 1 aliphatic carbocycles. The Morgan fingerprint density at radius 3 is 2.40 bits per heavy atom. The number of anilines is 1. The highest BCUT2D eigenvalue weighted by molar-refractivity contribution is 6.31. The fraction of sp³-hybridized carbons (Fsp3) is 0.280. The molecule has 3 N–H and O–H groups in total. The van der Waals surface area contributed by atoms with Gasteiger partial charge in [-0.05, 0) is 61.6 Å². The van der Waals surface area contributed by atoms with E-state index in [9.17, 15) is 13.6 Å². The van der Waals surface area contributed by atoms with Gasteiger partial charge >= 0.3 is 0 Å². The summed E-state index contributed by atoms with van der Waals surface area (Å²) in [6.07, 6.45) is 6.81. The maximum Gasteiger partial charge on any atom is 0.258 e. The molecule has 182 valence electrons. The Morgan fingerprint density at radius 1 is 0.971 bits per heavy atom. The van der Waals surface area contributed by atoms with Gasteiger partial charge < -0.3 is 10.6 Å². The van der Waals surface area contributed by atoms with E-state index in [1.807, 2.05) is 18.2 Å². The lowest BCUT2D eigenvalue weighted by Gasteiger charge is -2.30. The first-order chi connectivity index (χ1) is 17.0. The second-order valence-corrected chi connectivity index (χ2v) is 8.66. The van der Waals surface area contributed by atoms with E-state index in [-0.39, 0.29) is 30.2 Å². The van der Waals surface area contributed by atoms with Crippen LogP contribution in [0.2, 0.25) is 5.02 Å². The topological polar surface area (TPSA) is 91.3 Å². The molecule has 1 saturated carbocycles. The molecular weight excluding hydrogens is 474 g/mol. The molecule has 0 bridgehead atoms. The van der Waals surface area contributed by atoms with E-state index in [2.05, 4.69) is 30.9 Å². The maximum atomic E-state index is 13.6. The summed E-state index contributed by atoms with van der Waals surface area (Å²) in [6, 6.07) is 12.4. The zero-order valence-corrected chi connectivity index (χ0v) is 19.6. The molecular formula is C25H25ClF2N6O. The Balaban J connectivity index is 1.42. The van der Waals surface area contributed by atoms with Crippen molar-refractivity contribution in [2.45, 2.75) is 44.3 Å². The van der Waals surface area contributed by atoms with Gasteiger partial charge in [-0.25, -0.2) is 23.7 Å². The van der Waals surface area contributed by atoms with Gasteiger partial charge in [-0.1, -0.05) is 29.8 Å². The molecule has 0 spiro atoms. The minimum Gasteiger partial charge on any atom is -0.353 e. The first-order valence-electron chi connectivity index (χ1n) is 11.3. The Bertz CT molecular complexity index is 1190. The number of amides is 1. The fourth-order valence-corrected chi connectivity index (χ4v) is 4.06. The van der Waals surface area contributed by atoms with Crippen molar-refractivity contribution in [2.24, 2.45) is 4.99 Å². The highest BCUT2D eigenvalue weighted by Crippen LogP contribution is 2.21. The zero-order chi connectivity index (χ0) is 24.6. The molecule has 2 aromatic carbocycles. The molecule has 0 saturated heterocycles. The minimum atomic E-state index is -1.09. The molecule has 0 aliphatic heterocycles. The van der Waals surface area contributed by atoms with Gasteiger partial charge in [-0.2, -0.15) is 0 Å². The number of hydrogen-bond acceptors (Lipinski definition) is 5. The normalized spacial score (nSPS) is 18.1. The lowest BCUT2D eigenvalue weighted by atomic mass is 9.91. The van der Waals surface area contributed by atoms with Crippen LogP contribution in [0.4, 0.5) is 14.7 Å². The van der Waals surface area contributed by atoms with Crippen molar-refractivity contribution in [1.82, 2.24) is 20.6 Å². The predicted molar refractivity (Wildman–Crippen MR) is 131 cm³/mol. The fourth-order valence-electron chi connectivity index (χ4n) is 3.86. The first kappa shape index (κ1) is 24.5. The summed E-state index contributed by atoms with van der Waals surface area (Å²) >= 11 is 6.24. The smallest absolute Gasteiger partial charge is 0.258 e. The third-order valence-electron chi connectivity index (χ3n) is 5.75. The van der Waals surface area contributed by atoms with Crippen LogP contribution < -0.4 is 16.0 Å². The molecule has 0 radical (unpaired) electrons. The molecule has 10 heteroatoms. The van der Waals surface area contributed by atoms with E-state index in [0.29, 0.717) is 11.0 Å². The lowest BCUT2D eigenvalue weighted by molar-refractivity contribution is 0.0974. The van der Waals surface area contributed by atoms with E-state index < -0.39 is 17.5 Å². The van der Waals surface area contributed by atoms with Crippen LogP contribution in [0, 0.1) is 11.6 Å². The second-order valence-electron chi connectivity index (χ2n) is 8.25. The van der Waals surface area contributed by atoms with Crippen LogP contribution >= 0.6 is 11.6 Å². The van der Waals surface area contributed by atoms with E-state index in [1.54, 1.807) is 24.5 Å². The molecule has 1 fully saturated rings. The second kappa shape index (κ2) is 11.7. The van der Waals surface area contributed by atoms with Crippen molar-refractivity contribution in [3.63, 3.8) is 0 Å². The van der Waals surface area contributed by atoms with Gasteiger partial charge in [0.05, 0.1) is 6.54 Å². The summed E-state index contributed by atoms with van der Waals surface area (Å²) in [5, 5.41) is 9.91. The SMILES string of the molecule is O=C(NC(=NCc1ccccc1Cl)NC1CCC(Nc2ncccn2)CC1)c1ccc(F)c(F)c1. The lowest BCUT2D eigenvalue weighted by Crippen LogP contribution is -2.48. The monoisotopic (exact) mass is 498 g/mol. The average molecular weight is 499 g/mol. The Morgan fingerprint density at radius 2 is 1.69 bits per heavy atom. The van der Waals surface area contributed by atoms with Crippen molar-refractivity contribution in [3.05, 3.63) is 88.7 Å². The molecule has 1 aliphatic rings. The first-order valence-corrected chi connectivity index (χ1v) is 11.7. The van der Waals surface area contributed by atoms with Crippen molar-refractivity contribution >= 4 is 29.4 Å². The summed E-state index contributed by atoms with van der Waals surface area (Å²) in [7, 11) is 0. The van der Waals surface area contributed by atoms with Crippen LogP contribution in [0.5, 0.6) is 0 Å². The van der Waals surface area contributed by atoms with Crippen molar-refractivity contribution < 1.29 is 13.6 Å². The zero-order valence-electron chi connectivity index (χ0n) is 18.8. The third kappa shape index (κ3) is 6.95. The van der Waals surface area contributed by atoms with E-state index in [1.165, 1.54) is 6.07 Å². The number of carbonyl (C=O) groups is 1. The van der Waals surface area contributed by atoms with Gasteiger partial charge in [0.15, 0.2) is 17.6 Å². The number of aliphatic imine (C=N–C) groups is 1. The summed E-state index contributed by atoms with van der Waals surface area (Å²) in [5.41, 5.74) is 0.790. The highest BCUT2D eigenvalue weighted by Gasteiger charge is 2.23. The van der Waals surface area contributed by atoms with Crippen LogP contribution in [-0.4, -0.2) is 33.9 Å². The van der Waals surface area contributed by atoms with Crippen LogP contribution in [0.15, 0.2) is 65.9 Å². The number of benzene rings is 2. The van der Waals surface area contributed by atoms with Crippen molar-refractivity contribution in [1.29, 1.82) is 0 Å². The molecule has 1 amide bonds. The maximum absolute atomic E-state index is 13.6.